The molecule has 1 fully saturated rings. The van der Waals surface area contributed by atoms with Gasteiger partial charge in [-0.05, 0) is 12.8 Å². The number of ether oxygens (including phenoxy) is 1. The number of methoxy groups -OCH3 is 1. The minimum absolute atomic E-state index is 0.157. The first-order valence-corrected chi connectivity index (χ1v) is 5.33. The second kappa shape index (κ2) is 5.44. The van der Waals surface area contributed by atoms with Crippen molar-refractivity contribution >= 4 is 5.91 Å². The molecule has 0 aromatic heterocycles. The molecule has 1 aliphatic rings. The lowest BCUT2D eigenvalue weighted by Crippen LogP contribution is -2.53. The Kier molecular flexibility index (Phi) is 4.50. The Labute approximate surface area is 90.0 Å². The Hall–Kier alpha value is -0.650. The molecular weight excluding hydrogens is 196 g/mol. The molecule has 4 N–H and O–H groups in total. The lowest BCUT2D eigenvalue weighted by Gasteiger charge is -2.23. The third-order valence-electron chi connectivity index (χ3n) is 2.81. The molecule has 1 unspecified atom stereocenters. The second-order valence-corrected chi connectivity index (χ2v) is 4.18. The molecule has 15 heavy (non-hydrogen) atoms. The first kappa shape index (κ1) is 12.4. The van der Waals surface area contributed by atoms with E-state index < -0.39 is 11.6 Å². The summed E-state index contributed by atoms with van der Waals surface area (Å²) in [5, 5.41) is 12.0. The van der Waals surface area contributed by atoms with Crippen molar-refractivity contribution in [1.82, 2.24) is 5.32 Å². The molecule has 0 spiro atoms. The molecule has 0 aromatic carbocycles. The van der Waals surface area contributed by atoms with Crippen molar-refractivity contribution in [2.45, 2.75) is 37.3 Å². The van der Waals surface area contributed by atoms with Crippen LogP contribution in [0.4, 0.5) is 0 Å². The summed E-state index contributed by atoms with van der Waals surface area (Å²) >= 11 is 0. The molecule has 1 amide bonds. The maximum absolute atomic E-state index is 11.7. The van der Waals surface area contributed by atoms with Crippen LogP contribution < -0.4 is 11.1 Å². The fraction of sp³-hybridized carbons (Fsp3) is 0.900. The normalized spacial score (nSPS) is 21.3. The van der Waals surface area contributed by atoms with Gasteiger partial charge >= 0.3 is 0 Å². The van der Waals surface area contributed by atoms with Crippen LogP contribution in [0.3, 0.4) is 0 Å². The number of nitrogens with one attached hydrogen (secondary N) is 1. The van der Waals surface area contributed by atoms with Crippen LogP contribution in [0.15, 0.2) is 0 Å². The van der Waals surface area contributed by atoms with E-state index >= 15 is 0 Å². The summed E-state index contributed by atoms with van der Waals surface area (Å²) in [4.78, 5) is 11.7. The fourth-order valence-corrected chi connectivity index (χ4v) is 1.87. The smallest absolute Gasteiger partial charge is 0.240 e. The highest BCUT2D eigenvalue weighted by molar-refractivity contribution is 5.86. The summed E-state index contributed by atoms with van der Waals surface area (Å²) < 4.78 is 4.75. The molecule has 1 aliphatic carbocycles. The molecule has 1 saturated carbocycles. The van der Waals surface area contributed by atoms with Gasteiger partial charge in [-0.15, -0.1) is 0 Å². The van der Waals surface area contributed by atoms with Gasteiger partial charge in [0.15, 0.2) is 0 Å². The summed E-state index contributed by atoms with van der Waals surface area (Å²) in [5.74, 6) is -0.157. The Balaban J connectivity index is 2.29. The molecule has 0 saturated heterocycles. The second-order valence-electron chi connectivity index (χ2n) is 4.18. The van der Waals surface area contributed by atoms with Crippen LogP contribution in [-0.2, 0) is 9.53 Å². The van der Waals surface area contributed by atoms with Gasteiger partial charge in [0.05, 0.1) is 18.2 Å². The Morgan fingerprint density at radius 1 is 1.60 bits per heavy atom. The van der Waals surface area contributed by atoms with E-state index in [2.05, 4.69) is 5.32 Å². The van der Waals surface area contributed by atoms with Crippen LogP contribution >= 0.6 is 0 Å². The Morgan fingerprint density at radius 3 is 2.73 bits per heavy atom. The van der Waals surface area contributed by atoms with Crippen molar-refractivity contribution in [1.29, 1.82) is 0 Å². The topological polar surface area (TPSA) is 84.6 Å². The van der Waals surface area contributed by atoms with E-state index in [1.807, 2.05) is 0 Å². The van der Waals surface area contributed by atoms with Crippen LogP contribution in [0.25, 0.3) is 0 Å². The molecular formula is C10H20N2O3. The van der Waals surface area contributed by atoms with Crippen LogP contribution in [-0.4, -0.2) is 42.9 Å². The average Bonchev–Trinajstić information content (AvgIpc) is 2.63. The van der Waals surface area contributed by atoms with E-state index in [0.717, 1.165) is 25.7 Å². The highest BCUT2D eigenvalue weighted by Gasteiger charge is 2.36. The van der Waals surface area contributed by atoms with Gasteiger partial charge < -0.3 is 20.9 Å². The number of rotatable bonds is 5. The number of aliphatic hydroxyl groups is 1. The van der Waals surface area contributed by atoms with Crippen molar-refractivity contribution in [2.75, 3.05) is 20.3 Å². The van der Waals surface area contributed by atoms with Crippen LogP contribution in [0, 0.1) is 0 Å². The molecule has 0 aromatic rings. The third-order valence-corrected chi connectivity index (χ3v) is 2.81. The predicted molar refractivity (Wildman–Crippen MR) is 56.3 cm³/mol. The SMILES string of the molecule is COCC(O)CNC(=O)C1(N)CCCC1. The molecule has 1 rings (SSSR count). The minimum Gasteiger partial charge on any atom is -0.389 e. The molecule has 5 nitrogen and oxygen atoms in total. The monoisotopic (exact) mass is 216 g/mol. The number of nitrogens with two attached hydrogens (primary N) is 1. The number of hydrogen-bond acceptors (Lipinski definition) is 4. The summed E-state index contributed by atoms with van der Waals surface area (Å²) in [6, 6.07) is 0. The largest absolute Gasteiger partial charge is 0.389 e. The number of carbonyl (C=O) groups excluding carboxylic acids is 1. The van der Waals surface area contributed by atoms with E-state index in [-0.39, 0.29) is 19.1 Å². The fourth-order valence-electron chi connectivity index (χ4n) is 1.87. The van der Waals surface area contributed by atoms with Crippen LogP contribution in [0.1, 0.15) is 25.7 Å². The van der Waals surface area contributed by atoms with Gasteiger partial charge in [0.25, 0.3) is 0 Å². The van der Waals surface area contributed by atoms with Crippen molar-refractivity contribution in [2.24, 2.45) is 5.73 Å². The van der Waals surface area contributed by atoms with E-state index in [1.54, 1.807) is 0 Å². The number of carbonyl (C=O) groups is 1. The molecule has 0 radical (unpaired) electrons. The highest BCUT2D eigenvalue weighted by Crippen LogP contribution is 2.27. The third kappa shape index (κ3) is 3.44. The summed E-state index contributed by atoms with van der Waals surface area (Å²) in [7, 11) is 1.51. The van der Waals surface area contributed by atoms with Gasteiger partial charge in [0, 0.05) is 13.7 Å². The molecule has 88 valence electrons. The molecule has 1 atom stereocenters. The Bertz CT molecular complexity index is 215. The van der Waals surface area contributed by atoms with Gasteiger partial charge in [0.1, 0.15) is 0 Å². The maximum Gasteiger partial charge on any atom is 0.240 e. The number of amides is 1. The number of aliphatic hydroxyl groups excluding tert-OH is 1. The zero-order valence-corrected chi connectivity index (χ0v) is 9.16. The van der Waals surface area contributed by atoms with Crippen molar-refractivity contribution in [3.8, 4) is 0 Å². The van der Waals surface area contributed by atoms with E-state index in [9.17, 15) is 9.90 Å². The van der Waals surface area contributed by atoms with Crippen molar-refractivity contribution in [3.05, 3.63) is 0 Å². The standard InChI is InChI=1S/C10H20N2O3/c1-15-7-8(13)6-12-9(14)10(11)4-2-3-5-10/h8,13H,2-7,11H2,1H3,(H,12,14). The summed E-state index contributed by atoms with van der Waals surface area (Å²) in [5.41, 5.74) is 5.22. The first-order chi connectivity index (χ1) is 7.08. The van der Waals surface area contributed by atoms with Gasteiger partial charge in [-0.25, -0.2) is 0 Å². The zero-order valence-electron chi connectivity index (χ0n) is 9.16. The van der Waals surface area contributed by atoms with E-state index in [4.69, 9.17) is 10.5 Å². The van der Waals surface area contributed by atoms with Crippen molar-refractivity contribution < 1.29 is 14.6 Å². The lowest BCUT2D eigenvalue weighted by atomic mass is 9.98. The summed E-state index contributed by atoms with van der Waals surface area (Å²) in [6.45, 7) is 0.420. The summed E-state index contributed by atoms with van der Waals surface area (Å²) in [6.07, 6.45) is 2.82. The van der Waals surface area contributed by atoms with E-state index in [0.29, 0.717) is 0 Å². The Morgan fingerprint density at radius 2 is 2.20 bits per heavy atom. The minimum atomic E-state index is -0.715. The van der Waals surface area contributed by atoms with Gasteiger partial charge in [-0.1, -0.05) is 12.8 Å². The zero-order chi connectivity index (χ0) is 11.3. The molecule has 0 aliphatic heterocycles. The lowest BCUT2D eigenvalue weighted by molar-refractivity contribution is -0.126. The molecule has 5 heteroatoms. The van der Waals surface area contributed by atoms with E-state index in [1.165, 1.54) is 7.11 Å². The average molecular weight is 216 g/mol. The first-order valence-electron chi connectivity index (χ1n) is 5.33. The number of hydrogen-bond donors (Lipinski definition) is 3. The quantitative estimate of drug-likeness (QED) is 0.572. The highest BCUT2D eigenvalue weighted by atomic mass is 16.5. The van der Waals surface area contributed by atoms with Gasteiger partial charge in [-0.2, -0.15) is 0 Å². The van der Waals surface area contributed by atoms with Gasteiger partial charge in [-0.3, -0.25) is 4.79 Å². The van der Waals surface area contributed by atoms with Crippen LogP contribution in [0.2, 0.25) is 0 Å². The van der Waals surface area contributed by atoms with Crippen LogP contribution in [0.5, 0.6) is 0 Å². The van der Waals surface area contributed by atoms with Crippen molar-refractivity contribution in [3.63, 3.8) is 0 Å². The molecule has 0 bridgehead atoms. The molecule has 0 heterocycles. The van der Waals surface area contributed by atoms with Gasteiger partial charge in [0.2, 0.25) is 5.91 Å². The maximum atomic E-state index is 11.7. The predicted octanol–water partition coefficient (Wildman–Crippen LogP) is -0.619.